The Bertz CT molecular complexity index is 505. The fourth-order valence-corrected chi connectivity index (χ4v) is 3.25. The Morgan fingerprint density at radius 1 is 1.33 bits per heavy atom. The van der Waals surface area contributed by atoms with Gasteiger partial charge in [0.05, 0.1) is 11.8 Å². The second-order valence-corrected chi connectivity index (χ2v) is 6.74. The highest BCUT2D eigenvalue weighted by atomic mass is 16.3. The summed E-state index contributed by atoms with van der Waals surface area (Å²) >= 11 is 0. The van der Waals surface area contributed by atoms with E-state index in [-0.39, 0.29) is 17.7 Å². The maximum atomic E-state index is 12.4. The minimum Gasteiger partial charge on any atom is -0.472 e. The first-order valence-corrected chi connectivity index (χ1v) is 9.24. The van der Waals surface area contributed by atoms with Gasteiger partial charge in [-0.05, 0) is 31.2 Å². The lowest BCUT2D eigenvalue weighted by Crippen LogP contribution is -2.43. The zero-order valence-electron chi connectivity index (χ0n) is 14.9. The van der Waals surface area contributed by atoms with Gasteiger partial charge in [0, 0.05) is 25.6 Å². The molecule has 24 heavy (non-hydrogen) atoms. The van der Waals surface area contributed by atoms with Crippen LogP contribution in [0, 0.1) is 11.8 Å². The molecule has 2 amide bonds. The number of nitrogens with zero attached hydrogens (tertiary/aromatic N) is 1. The summed E-state index contributed by atoms with van der Waals surface area (Å²) in [6, 6.07) is 1.68. The zero-order valence-corrected chi connectivity index (χ0v) is 14.9. The van der Waals surface area contributed by atoms with Crippen molar-refractivity contribution >= 4 is 11.8 Å². The highest BCUT2D eigenvalue weighted by molar-refractivity contribution is 5.94. The molecule has 2 heterocycles. The van der Waals surface area contributed by atoms with Crippen LogP contribution in [0.25, 0.3) is 0 Å². The number of likely N-dealkylation sites (tertiary alicyclic amines) is 1. The number of carbonyl (C=O) groups is 2. The van der Waals surface area contributed by atoms with Crippen LogP contribution in [0.5, 0.6) is 0 Å². The molecule has 2 rings (SSSR count). The molecule has 1 fully saturated rings. The van der Waals surface area contributed by atoms with Crippen LogP contribution in [-0.4, -0.2) is 36.3 Å². The molecule has 1 aromatic heterocycles. The highest BCUT2D eigenvalue weighted by Crippen LogP contribution is 2.20. The van der Waals surface area contributed by atoms with Gasteiger partial charge in [0.25, 0.3) is 5.91 Å². The van der Waals surface area contributed by atoms with Crippen LogP contribution in [0.2, 0.25) is 0 Å². The average Bonchev–Trinajstić information content (AvgIpc) is 3.16. The third-order valence-corrected chi connectivity index (χ3v) is 5.03. The molecule has 1 unspecified atom stereocenters. The van der Waals surface area contributed by atoms with Crippen LogP contribution in [0.4, 0.5) is 0 Å². The molecule has 0 aromatic carbocycles. The Morgan fingerprint density at radius 3 is 2.67 bits per heavy atom. The van der Waals surface area contributed by atoms with E-state index in [1.807, 2.05) is 4.90 Å². The molecule has 5 nitrogen and oxygen atoms in total. The van der Waals surface area contributed by atoms with E-state index in [0.717, 1.165) is 25.8 Å². The van der Waals surface area contributed by atoms with Crippen molar-refractivity contribution in [1.82, 2.24) is 10.2 Å². The van der Waals surface area contributed by atoms with Crippen molar-refractivity contribution in [2.24, 2.45) is 11.8 Å². The first-order chi connectivity index (χ1) is 11.7. The fourth-order valence-electron chi connectivity index (χ4n) is 3.25. The lowest BCUT2D eigenvalue weighted by molar-refractivity contribution is -0.126. The largest absolute Gasteiger partial charge is 0.472 e. The zero-order chi connectivity index (χ0) is 17.4. The summed E-state index contributed by atoms with van der Waals surface area (Å²) in [5, 5.41) is 3.13. The van der Waals surface area contributed by atoms with Crippen LogP contribution in [0.3, 0.4) is 0 Å². The Balaban J connectivity index is 1.73. The van der Waals surface area contributed by atoms with E-state index >= 15 is 0 Å². The van der Waals surface area contributed by atoms with Crippen LogP contribution in [0.15, 0.2) is 23.0 Å². The van der Waals surface area contributed by atoms with E-state index in [9.17, 15) is 9.59 Å². The lowest BCUT2D eigenvalue weighted by Gasteiger charge is -2.31. The van der Waals surface area contributed by atoms with E-state index in [1.165, 1.54) is 31.8 Å². The molecule has 1 aromatic rings. The number of nitrogens with one attached hydrogen (secondary N) is 1. The SMILES string of the molecule is CCCCC(CC)CNC(=O)C1CCN(C(=O)c2ccoc2)CC1. The molecule has 1 saturated heterocycles. The highest BCUT2D eigenvalue weighted by Gasteiger charge is 2.28. The molecule has 0 saturated carbocycles. The number of furan rings is 1. The van der Waals surface area contributed by atoms with Gasteiger partial charge in [-0.1, -0.05) is 33.1 Å². The van der Waals surface area contributed by atoms with Gasteiger partial charge in [-0.25, -0.2) is 0 Å². The molecular formula is C19H30N2O3. The molecule has 5 heteroatoms. The second-order valence-electron chi connectivity index (χ2n) is 6.74. The van der Waals surface area contributed by atoms with Crippen molar-refractivity contribution < 1.29 is 14.0 Å². The molecule has 134 valence electrons. The number of hydrogen-bond donors (Lipinski definition) is 1. The predicted molar refractivity (Wildman–Crippen MR) is 93.7 cm³/mol. The Kier molecular flexibility index (Phi) is 7.35. The molecule has 0 bridgehead atoms. The standard InChI is InChI=1S/C19H30N2O3/c1-3-5-6-15(4-2)13-20-18(22)16-7-10-21(11-8-16)19(23)17-9-12-24-14-17/h9,12,14-16H,3-8,10-11,13H2,1-2H3,(H,20,22). The van der Waals surface area contributed by atoms with E-state index in [2.05, 4.69) is 19.2 Å². The topological polar surface area (TPSA) is 62.6 Å². The maximum absolute atomic E-state index is 12.4. The predicted octanol–water partition coefficient (Wildman–Crippen LogP) is 3.46. The average molecular weight is 334 g/mol. The number of carbonyl (C=O) groups excluding carboxylic acids is 2. The molecule has 1 aliphatic rings. The number of hydrogen-bond acceptors (Lipinski definition) is 3. The van der Waals surface area contributed by atoms with E-state index < -0.39 is 0 Å². The maximum Gasteiger partial charge on any atom is 0.257 e. The first-order valence-electron chi connectivity index (χ1n) is 9.24. The smallest absolute Gasteiger partial charge is 0.257 e. The second kappa shape index (κ2) is 9.50. The Labute approximate surface area is 144 Å². The van der Waals surface area contributed by atoms with Gasteiger partial charge >= 0.3 is 0 Å². The van der Waals surface area contributed by atoms with Crippen molar-refractivity contribution in [2.75, 3.05) is 19.6 Å². The third kappa shape index (κ3) is 5.11. The van der Waals surface area contributed by atoms with Crippen LogP contribution < -0.4 is 5.32 Å². The van der Waals surface area contributed by atoms with Crippen molar-refractivity contribution in [3.05, 3.63) is 24.2 Å². The summed E-state index contributed by atoms with van der Waals surface area (Å²) in [4.78, 5) is 26.4. The van der Waals surface area contributed by atoms with Gasteiger partial charge in [-0.2, -0.15) is 0 Å². The van der Waals surface area contributed by atoms with E-state index in [1.54, 1.807) is 6.07 Å². The number of unbranched alkanes of at least 4 members (excludes halogenated alkanes) is 1. The third-order valence-electron chi connectivity index (χ3n) is 5.03. The molecule has 0 radical (unpaired) electrons. The number of piperidine rings is 1. The summed E-state index contributed by atoms with van der Waals surface area (Å²) in [6.45, 7) is 6.43. The van der Waals surface area contributed by atoms with Gasteiger partial charge in [0.1, 0.15) is 6.26 Å². The minimum absolute atomic E-state index is 0.00628. The molecule has 0 aliphatic carbocycles. The summed E-state index contributed by atoms with van der Waals surface area (Å²) in [7, 11) is 0. The van der Waals surface area contributed by atoms with Gasteiger partial charge in [0.15, 0.2) is 0 Å². The molecule has 1 N–H and O–H groups in total. The van der Waals surface area contributed by atoms with E-state index in [0.29, 0.717) is 24.6 Å². The van der Waals surface area contributed by atoms with Gasteiger partial charge in [-0.3, -0.25) is 9.59 Å². The normalized spacial score (nSPS) is 16.8. The summed E-state index contributed by atoms with van der Waals surface area (Å²) < 4.78 is 4.97. The number of amides is 2. The molecule has 1 aliphatic heterocycles. The van der Waals surface area contributed by atoms with Gasteiger partial charge in [0.2, 0.25) is 5.91 Å². The van der Waals surface area contributed by atoms with Crippen molar-refractivity contribution in [3.63, 3.8) is 0 Å². The van der Waals surface area contributed by atoms with Crippen LogP contribution in [-0.2, 0) is 4.79 Å². The Morgan fingerprint density at radius 2 is 2.08 bits per heavy atom. The summed E-state index contributed by atoms with van der Waals surface area (Å²) in [5.41, 5.74) is 0.583. The molecule has 0 spiro atoms. The van der Waals surface area contributed by atoms with E-state index in [4.69, 9.17) is 4.42 Å². The van der Waals surface area contributed by atoms with Gasteiger partial charge < -0.3 is 14.6 Å². The van der Waals surface area contributed by atoms with Crippen LogP contribution in [0.1, 0.15) is 62.7 Å². The lowest BCUT2D eigenvalue weighted by atomic mass is 9.94. The van der Waals surface area contributed by atoms with Gasteiger partial charge in [-0.15, -0.1) is 0 Å². The molecular weight excluding hydrogens is 304 g/mol. The minimum atomic E-state index is -0.00628. The monoisotopic (exact) mass is 334 g/mol. The van der Waals surface area contributed by atoms with Crippen molar-refractivity contribution in [3.8, 4) is 0 Å². The Hall–Kier alpha value is -1.78. The molecule has 1 atom stereocenters. The first kappa shape index (κ1) is 18.6. The van der Waals surface area contributed by atoms with Crippen LogP contribution >= 0.6 is 0 Å². The summed E-state index contributed by atoms with van der Waals surface area (Å²) in [5.74, 6) is 0.757. The van der Waals surface area contributed by atoms with Crippen molar-refractivity contribution in [1.29, 1.82) is 0 Å². The summed E-state index contributed by atoms with van der Waals surface area (Å²) in [6.07, 6.45) is 9.18. The van der Waals surface area contributed by atoms with Crippen molar-refractivity contribution in [2.45, 2.75) is 52.4 Å². The number of rotatable bonds is 8. The fraction of sp³-hybridized carbons (Fsp3) is 0.684. The quantitative estimate of drug-likeness (QED) is 0.792.